The highest BCUT2D eigenvalue weighted by molar-refractivity contribution is 6.00. The maximum absolute atomic E-state index is 11.8. The first kappa shape index (κ1) is 14.0. The number of benzene rings is 1. The maximum Gasteiger partial charge on any atom is 0.244 e. The summed E-state index contributed by atoms with van der Waals surface area (Å²) in [5.41, 5.74) is 6.96. The quantitative estimate of drug-likeness (QED) is 0.728. The van der Waals surface area contributed by atoms with Crippen molar-refractivity contribution in [2.75, 3.05) is 25.6 Å². The predicted molar refractivity (Wildman–Crippen MR) is 72.8 cm³/mol. The minimum absolute atomic E-state index is 0.107. The van der Waals surface area contributed by atoms with Crippen molar-refractivity contribution in [1.29, 1.82) is 0 Å². The van der Waals surface area contributed by atoms with Crippen molar-refractivity contribution in [2.45, 2.75) is 25.0 Å². The van der Waals surface area contributed by atoms with Crippen LogP contribution >= 0.6 is 0 Å². The van der Waals surface area contributed by atoms with Gasteiger partial charge in [0.1, 0.15) is 0 Å². The van der Waals surface area contributed by atoms with Crippen LogP contribution in [0.15, 0.2) is 24.3 Å². The average Bonchev–Trinajstić information content (AvgIpc) is 3.15. The average molecular weight is 264 g/mol. The lowest BCUT2D eigenvalue weighted by atomic mass is 10.2. The van der Waals surface area contributed by atoms with Crippen LogP contribution in [0.25, 0.3) is 0 Å². The van der Waals surface area contributed by atoms with Crippen molar-refractivity contribution in [3.63, 3.8) is 0 Å². The van der Waals surface area contributed by atoms with Crippen molar-refractivity contribution in [3.8, 4) is 0 Å². The molecule has 0 unspecified atom stereocenters. The predicted octanol–water partition coefficient (Wildman–Crippen LogP) is 1.28. The molecule has 0 heterocycles. The zero-order chi connectivity index (χ0) is 13.7. The summed E-state index contributed by atoms with van der Waals surface area (Å²) in [5, 5.41) is 2.84. The third-order valence-electron chi connectivity index (χ3n) is 3.13. The molecule has 0 radical (unpaired) electrons. The number of carbonyl (C=O) groups is 1. The Kier molecular flexibility index (Phi) is 4.52. The summed E-state index contributed by atoms with van der Waals surface area (Å²) in [4.78, 5) is 11.8. The number of nitrogens with one attached hydrogen (secondary N) is 1. The van der Waals surface area contributed by atoms with Gasteiger partial charge in [-0.3, -0.25) is 4.79 Å². The summed E-state index contributed by atoms with van der Waals surface area (Å²) < 4.78 is 10.3. The van der Waals surface area contributed by atoms with Crippen molar-refractivity contribution >= 4 is 11.6 Å². The number of methoxy groups -OCH3 is 1. The second-order valence-corrected chi connectivity index (χ2v) is 4.86. The summed E-state index contributed by atoms with van der Waals surface area (Å²) in [6.07, 6.45) is 1.53. The highest BCUT2D eigenvalue weighted by Gasteiger charge is 2.45. The van der Waals surface area contributed by atoms with Gasteiger partial charge in [-0.15, -0.1) is 0 Å². The lowest BCUT2D eigenvalue weighted by molar-refractivity contribution is -0.118. The van der Waals surface area contributed by atoms with E-state index in [0.29, 0.717) is 19.8 Å². The van der Waals surface area contributed by atoms with Gasteiger partial charge in [-0.1, -0.05) is 12.1 Å². The summed E-state index contributed by atoms with van der Waals surface area (Å²) in [5.74, 6) is -0.107. The van der Waals surface area contributed by atoms with Gasteiger partial charge in [-0.2, -0.15) is 0 Å². The molecule has 0 bridgehead atoms. The molecular formula is C14H20N2O3. The van der Waals surface area contributed by atoms with Gasteiger partial charge in [0.25, 0.3) is 0 Å². The maximum atomic E-state index is 11.8. The zero-order valence-corrected chi connectivity index (χ0v) is 11.1. The number of anilines is 1. The largest absolute Gasteiger partial charge is 0.382 e. The Morgan fingerprint density at radius 3 is 2.89 bits per heavy atom. The molecule has 0 aliphatic heterocycles. The van der Waals surface area contributed by atoms with Crippen molar-refractivity contribution in [3.05, 3.63) is 29.8 Å². The fraction of sp³-hybridized carbons (Fsp3) is 0.500. The molecule has 0 spiro atoms. The molecule has 5 heteroatoms. The molecule has 19 heavy (non-hydrogen) atoms. The lowest BCUT2D eigenvalue weighted by Gasteiger charge is -2.11. The van der Waals surface area contributed by atoms with E-state index in [4.69, 9.17) is 15.2 Å². The Balaban J connectivity index is 1.86. The fourth-order valence-electron chi connectivity index (χ4n) is 1.69. The van der Waals surface area contributed by atoms with E-state index in [1.807, 2.05) is 24.3 Å². The fourth-order valence-corrected chi connectivity index (χ4v) is 1.69. The van der Waals surface area contributed by atoms with Crippen LogP contribution in [0.2, 0.25) is 0 Å². The molecule has 2 rings (SSSR count). The van der Waals surface area contributed by atoms with E-state index in [9.17, 15) is 4.79 Å². The molecule has 1 amide bonds. The van der Waals surface area contributed by atoms with Crippen LogP contribution in [-0.4, -0.2) is 31.8 Å². The minimum atomic E-state index is -0.648. The van der Waals surface area contributed by atoms with Crippen LogP contribution in [0.1, 0.15) is 18.4 Å². The Morgan fingerprint density at radius 2 is 2.21 bits per heavy atom. The molecule has 3 N–H and O–H groups in total. The van der Waals surface area contributed by atoms with Crippen LogP contribution < -0.4 is 11.1 Å². The Labute approximate surface area is 113 Å². The van der Waals surface area contributed by atoms with Gasteiger partial charge in [-0.25, -0.2) is 0 Å². The van der Waals surface area contributed by atoms with E-state index in [-0.39, 0.29) is 5.91 Å². The number of hydrogen-bond acceptors (Lipinski definition) is 4. The van der Waals surface area contributed by atoms with Crippen LogP contribution in [0, 0.1) is 0 Å². The molecule has 1 aliphatic carbocycles. The highest BCUT2D eigenvalue weighted by Crippen LogP contribution is 2.33. The molecule has 104 valence electrons. The second kappa shape index (κ2) is 6.14. The molecule has 1 aliphatic rings. The van der Waals surface area contributed by atoms with E-state index in [1.54, 1.807) is 7.11 Å². The number of nitrogens with two attached hydrogens (primary N) is 1. The van der Waals surface area contributed by atoms with Crippen molar-refractivity contribution < 1.29 is 14.3 Å². The van der Waals surface area contributed by atoms with Crippen LogP contribution in [0.5, 0.6) is 0 Å². The van der Waals surface area contributed by atoms with Crippen molar-refractivity contribution in [2.24, 2.45) is 5.73 Å². The molecule has 0 aromatic heterocycles. The normalized spacial score (nSPS) is 16.1. The molecule has 0 atom stereocenters. The topological polar surface area (TPSA) is 73.6 Å². The first-order valence-corrected chi connectivity index (χ1v) is 6.40. The van der Waals surface area contributed by atoms with Crippen LogP contribution in [0.3, 0.4) is 0 Å². The summed E-state index contributed by atoms with van der Waals surface area (Å²) >= 11 is 0. The Bertz CT molecular complexity index is 444. The third-order valence-corrected chi connectivity index (χ3v) is 3.13. The van der Waals surface area contributed by atoms with E-state index in [1.165, 1.54) is 0 Å². The SMILES string of the molecule is COCCOCc1cccc(NC(=O)C2(N)CC2)c1. The third kappa shape index (κ3) is 4.02. The number of ether oxygens (including phenoxy) is 2. The monoisotopic (exact) mass is 264 g/mol. The first-order valence-electron chi connectivity index (χ1n) is 6.40. The number of amides is 1. The molecule has 0 saturated heterocycles. The smallest absolute Gasteiger partial charge is 0.244 e. The van der Waals surface area contributed by atoms with Gasteiger partial charge in [0, 0.05) is 12.8 Å². The van der Waals surface area contributed by atoms with Crippen molar-refractivity contribution in [1.82, 2.24) is 0 Å². The highest BCUT2D eigenvalue weighted by atomic mass is 16.5. The molecular weight excluding hydrogens is 244 g/mol. The first-order chi connectivity index (χ1) is 9.14. The van der Waals surface area contributed by atoms with Gasteiger partial charge in [0.05, 0.1) is 25.4 Å². The van der Waals surface area contributed by atoms with Gasteiger partial charge < -0.3 is 20.5 Å². The van der Waals surface area contributed by atoms with E-state index < -0.39 is 5.54 Å². The van der Waals surface area contributed by atoms with Gasteiger partial charge >= 0.3 is 0 Å². The van der Waals surface area contributed by atoms with E-state index in [0.717, 1.165) is 24.1 Å². The molecule has 1 aromatic carbocycles. The minimum Gasteiger partial charge on any atom is -0.382 e. The van der Waals surface area contributed by atoms with E-state index >= 15 is 0 Å². The summed E-state index contributed by atoms with van der Waals surface area (Å²) in [6, 6.07) is 7.59. The molecule has 1 fully saturated rings. The summed E-state index contributed by atoms with van der Waals surface area (Å²) in [6.45, 7) is 1.63. The summed E-state index contributed by atoms with van der Waals surface area (Å²) in [7, 11) is 1.64. The van der Waals surface area contributed by atoms with E-state index in [2.05, 4.69) is 5.32 Å². The van der Waals surface area contributed by atoms with Gasteiger partial charge in [0.2, 0.25) is 5.91 Å². The van der Waals surface area contributed by atoms with Gasteiger partial charge in [0.15, 0.2) is 0 Å². The standard InChI is InChI=1S/C14H20N2O3/c1-18-7-8-19-10-11-3-2-4-12(9-11)16-13(17)14(15)5-6-14/h2-4,9H,5-8,10,15H2,1H3,(H,16,17). The van der Waals surface area contributed by atoms with Crippen LogP contribution in [-0.2, 0) is 20.9 Å². The number of carbonyl (C=O) groups excluding carboxylic acids is 1. The molecule has 1 aromatic rings. The zero-order valence-electron chi connectivity index (χ0n) is 11.1. The molecule has 5 nitrogen and oxygen atoms in total. The second-order valence-electron chi connectivity index (χ2n) is 4.86. The lowest BCUT2D eigenvalue weighted by Crippen LogP contribution is -2.37. The Morgan fingerprint density at radius 1 is 1.42 bits per heavy atom. The Hall–Kier alpha value is -1.43. The van der Waals surface area contributed by atoms with Crippen LogP contribution in [0.4, 0.5) is 5.69 Å². The van der Waals surface area contributed by atoms with Gasteiger partial charge in [-0.05, 0) is 30.5 Å². The number of rotatable bonds is 7. The number of hydrogen-bond donors (Lipinski definition) is 2. The molecule has 1 saturated carbocycles.